The minimum Gasteiger partial charge on any atom is -0.345 e. The van der Waals surface area contributed by atoms with Crippen molar-refractivity contribution < 1.29 is 9.59 Å². The molecule has 10 heteroatoms. The molecule has 2 aromatic carbocycles. The molecule has 2 amide bonds. The molecular weight excluding hydrogens is 469 g/mol. The van der Waals surface area contributed by atoms with Gasteiger partial charge in [-0.05, 0) is 37.3 Å². The Morgan fingerprint density at radius 1 is 1.16 bits per heavy atom. The molecule has 166 valence electrons. The van der Waals surface area contributed by atoms with Gasteiger partial charge in [-0.3, -0.25) is 9.59 Å². The Bertz CT molecular complexity index is 1130. The van der Waals surface area contributed by atoms with E-state index in [2.05, 4.69) is 27.4 Å². The number of hydrogen-bond acceptors (Lipinski definition) is 5. The van der Waals surface area contributed by atoms with E-state index in [0.717, 1.165) is 5.56 Å². The van der Waals surface area contributed by atoms with Crippen molar-refractivity contribution in [1.29, 1.82) is 0 Å². The summed E-state index contributed by atoms with van der Waals surface area (Å²) < 4.78 is 1.80. The molecule has 2 N–H and O–H groups in total. The van der Waals surface area contributed by atoms with Crippen LogP contribution in [0.4, 0.5) is 5.69 Å². The van der Waals surface area contributed by atoms with E-state index in [-0.39, 0.29) is 24.1 Å². The Hall–Kier alpha value is -2.81. The average Bonchev–Trinajstić information content (AvgIpc) is 3.11. The van der Waals surface area contributed by atoms with Gasteiger partial charge in [0.15, 0.2) is 11.0 Å². The number of nitrogens with zero attached hydrogens (tertiary/aromatic N) is 3. The predicted octanol–water partition coefficient (Wildman–Crippen LogP) is 4.74. The summed E-state index contributed by atoms with van der Waals surface area (Å²) in [5.41, 5.74) is 2.09. The summed E-state index contributed by atoms with van der Waals surface area (Å²) in [7, 11) is 0. The van der Waals surface area contributed by atoms with Gasteiger partial charge in [-0.25, -0.2) is 0 Å². The van der Waals surface area contributed by atoms with E-state index in [9.17, 15) is 9.59 Å². The van der Waals surface area contributed by atoms with Gasteiger partial charge in [-0.15, -0.1) is 16.8 Å². The molecule has 32 heavy (non-hydrogen) atoms. The van der Waals surface area contributed by atoms with E-state index in [1.165, 1.54) is 11.8 Å². The second kappa shape index (κ2) is 11.2. The summed E-state index contributed by atoms with van der Waals surface area (Å²) in [6.07, 6.45) is 1.70. The number of carbonyl (C=O) groups is 2. The first-order valence-corrected chi connectivity index (χ1v) is 11.4. The lowest BCUT2D eigenvalue weighted by molar-refractivity contribution is -0.113. The quantitative estimate of drug-likeness (QED) is 0.334. The highest BCUT2D eigenvalue weighted by Gasteiger charge is 2.15. The first-order chi connectivity index (χ1) is 15.4. The standard InChI is InChI=1S/C22H21Cl2N5O2S/c1-3-7-29-19(12-25-21(31)15-6-4-5-14(2)8-15)27-28-22(29)32-13-20(30)26-18-10-16(23)9-17(24)11-18/h3-6,8-11H,1,7,12-13H2,2H3,(H,25,31)(H,26,30). The summed E-state index contributed by atoms with van der Waals surface area (Å²) >= 11 is 13.2. The Kier molecular flexibility index (Phi) is 8.33. The smallest absolute Gasteiger partial charge is 0.251 e. The van der Waals surface area contributed by atoms with Crippen molar-refractivity contribution in [3.63, 3.8) is 0 Å². The minimum atomic E-state index is -0.240. The summed E-state index contributed by atoms with van der Waals surface area (Å²) in [4.78, 5) is 24.7. The number of carbonyl (C=O) groups excluding carboxylic acids is 2. The third-order valence-electron chi connectivity index (χ3n) is 4.27. The number of thioether (sulfide) groups is 1. The van der Waals surface area contributed by atoms with Crippen LogP contribution < -0.4 is 10.6 Å². The van der Waals surface area contributed by atoms with Gasteiger partial charge in [0, 0.05) is 27.8 Å². The molecule has 0 aliphatic rings. The number of aryl methyl sites for hydroxylation is 1. The van der Waals surface area contributed by atoms with Crippen molar-refractivity contribution in [1.82, 2.24) is 20.1 Å². The number of halogens is 2. The number of benzene rings is 2. The lowest BCUT2D eigenvalue weighted by Crippen LogP contribution is -2.25. The molecule has 0 saturated carbocycles. The van der Waals surface area contributed by atoms with Crippen molar-refractivity contribution in [2.24, 2.45) is 0 Å². The highest BCUT2D eigenvalue weighted by atomic mass is 35.5. The number of amides is 2. The first-order valence-electron chi connectivity index (χ1n) is 9.62. The molecule has 0 unspecified atom stereocenters. The van der Waals surface area contributed by atoms with Crippen molar-refractivity contribution in [2.45, 2.75) is 25.2 Å². The largest absolute Gasteiger partial charge is 0.345 e. The average molecular weight is 490 g/mol. The van der Waals surface area contributed by atoms with Gasteiger partial charge in [0.05, 0.1) is 12.3 Å². The molecule has 0 bridgehead atoms. The Labute approximate surface area is 200 Å². The lowest BCUT2D eigenvalue weighted by Gasteiger charge is -2.09. The van der Waals surface area contributed by atoms with E-state index in [0.29, 0.717) is 38.8 Å². The molecule has 0 aliphatic heterocycles. The molecule has 0 fully saturated rings. The zero-order chi connectivity index (χ0) is 23.1. The first kappa shape index (κ1) is 23.8. The fourth-order valence-electron chi connectivity index (χ4n) is 2.87. The van der Waals surface area contributed by atoms with E-state index in [4.69, 9.17) is 23.2 Å². The number of rotatable bonds is 9. The lowest BCUT2D eigenvalue weighted by atomic mass is 10.1. The van der Waals surface area contributed by atoms with Crippen molar-refractivity contribution >= 4 is 52.5 Å². The van der Waals surface area contributed by atoms with Crippen LogP contribution in [0.5, 0.6) is 0 Å². The van der Waals surface area contributed by atoms with Crippen molar-refractivity contribution in [2.75, 3.05) is 11.1 Å². The molecule has 0 saturated heterocycles. The fourth-order valence-corrected chi connectivity index (χ4v) is 4.16. The third-order valence-corrected chi connectivity index (χ3v) is 5.67. The molecule has 1 aromatic heterocycles. The molecule has 3 aromatic rings. The van der Waals surface area contributed by atoms with Gasteiger partial charge in [-0.1, -0.05) is 58.7 Å². The maximum Gasteiger partial charge on any atom is 0.251 e. The van der Waals surface area contributed by atoms with Gasteiger partial charge in [-0.2, -0.15) is 0 Å². The monoisotopic (exact) mass is 489 g/mol. The van der Waals surface area contributed by atoms with Crippen molar-refractivity contribution in [3.05, 3.63) is 82.1 Å². The van der Waals surface area contributed by atoms with Crippen LogP contribution in [0.15, 0.2) is 60.3 Å². The second-order valence-corrected chi connectivity index (χ2v) is 8.66. The van der Waals surface area contributed by atoms with Crippen LogP contribution in [0.3, 0.4) is 0 Å². The summed E-state index contributed by atoms with van der Waals surface area (Å²) in [5.74, 6) is 0.233. The van der Waals surface area contributed by atoms with Crippen LogP contribution >= 0.6 is 35.0 Å². The zero-order valence-corrected chi connectivity index (χ0v) is 19.6. The number of nitrogens with one attached hydrogen (secondary N) is 2. The number of hydrogen-bond donors (Lipinski definition) is 2. The van der Waals surface area contributed by atoms with E-state index < -0.39 is 0 Å². The van der Waals surface area contributed by atoms with Gasteiger partial charge in [0.1, 0.15) is 0 Å². The van der Waals surface area contributed by atoms with Gasteiger partial charge in [0.25, 0.3) is 5.91 Å². The Balaban J connectivity index is 1.61. The molecule has 1 heterocycles. The number of anilines is 1. The Morgan fingerprint density at radius 2 is 1.91 bits per heavy atom. The van der Waals surface area contributed by atoms with Crippen LogP contribution in [-0.4, -0.2) is 32.3 Å². The predicted molar refractivity (Wildman–Crippen MR) is 128 cm³/mol. The molecule has 0 spiro atoms. The Morgan fingerprint density at radius 3 is 2.59 bits per heavy atom. The fraction of sp³-hybridized carbons (Fsp3) is 0.182. The van der Waals surface area contributed by atoms with Gasteiger partial charge < -0.3 is 15.2 Å². The molecule has 0 radical (unpaired) electrons. The molecule has 7 nitrogen and oxygen atoms in total. The van der Waals surface area contributed by atoms with Gasteiger partial charge >= 0.3 is 0 Å². The summed E-state index contributed by atoms with van der Waals surface area (Å²) in [6.45, 7) is 6.33. The summed E-state index contributed by atoms with van der Waals surface area (Å²) in [5, 5.41) is 15.3. The molecule has 0 aliphatic carbocycles. The number of aromatic nitrogens is 3. The molecular formula is C22H21Cl2N5O2S. The van der Waals surface area contributed by atoms with Crippen LogP contribution in [0, 0.1) is 6.92 Å². The molecule has 3 rings (SSSR count). The maximum absolute atomic E-state index is 12.4. The zero-order valence-electron chi connectivity index (χ0n) is 17.3. The molecule has 0 atom stereocenters. The van der Waals surface area contributed by atoms with Gasteiger partial charge in [0.2, 0.25) is 5.91 Å². The van der Waals surface area contributed by atoms with E-state index in [1.807, 2.05) is 25.1 Å². The number of allylic oxidation sites excluding steroid dienone is 1. The van der Waals surface area contributed by atoms with Crippen LogP contribution in [0.1, 0.15) is 21.7 Å². The van der Waals surface area contributed by atoms with E-state index in [1.54, 1.807) is 34.9 Å². The van der Waals surface area contributed by atoms with Crippen LogP contribution in [0.25, 0.3) is 0 Å². The second-order valence-electron chi connectivity index (χ2n) is 6.85. The minimum absolute atomic E-state index is 0.106. The topological polar surface area (TPSA) is 88.9 Å². The van der Waals surface area contributed by atoms with E-state index >= 15 is 0 Å². The third kappa shape index (κ3) is 6.59. The highest BCUT2D eigenvalue weighted by molar-refractivity contribution is 7.99. The SMILES string of the molecule is C=CCn1c(CNC(=O)c2cccc(C)c2)nnc1SCC(=O)Nc1cc(Cl)cc(Cl)c1. The maximum atomic E-state index is 12.4. The van der Waals surface area contributed by atoms with Crippen LogP contribution in [-0.2, 0) is 17.9 Å². The summed E-state index contributed by atoms with van der Waals surface area (Å²) in [6, 6.07) is 12.2. The highest BCUT2D eigenvalue weighted by Crippen LogP contribution is 2.23. The normalized spacial score (nSPS) is 10.6. The van der Waals surface area contributed by atoms with Crippen molar-refractivity contribution in [3.8, 4) is 0 Å². The van der Waals surface area contributed by atoms with Crippen LogP contribution in [0.2, 0.25) is 10.0 Å².